The van der Waals surface area contributed by atoms with Crippen LogP contribution in [0.15, 0.2) is 0 Å². The van der Waals surface area contributed by atoms with Crippen molar-refractivity contribution in [1.82, 2.24) is 4.90 Å². The molecule has 2 rings (SSSR count). The molecular formula is C12H21NO3. The van der Waals surface area contributed by atoms with Gasteiger partial charge < -0.3 is 14.4 Å². The summed E-state index contributed by atoms with van der Waals surface area (Å²) in [5.74, 6) is 0.583. The molecule has 0 aromatic heterocycles. The lowest BCUT2D eigenvalue weighted by Gasteiger charge is -2.28. The van der Waals surface area contributed by atoms with E-state index >= 15 is 0 Å². The topological polar surface area (TPSA) is 38.8 Å². The third kappa shape index (κ3) is 2.32. The first-order valence-corrected chi connectivity index (χ1v) is 6.27. The highest BCUT2D eigenvalue weighted by molar-refractivity contribution is 5.70. The van der Waals surface area contributed by atoms with E-state index in [1.54, 1.807) is 0 Å². The minimum absolute atomic E-state index is 0.0762. The number of carbonyl (C=O) groups excluding carboxylic acids is 1. The van der Waals surface area contributed by atoms with Crippen LogP contribution in [0.2, 0.25) is 0 Å². The second-order valence-corrected chi connectivity index (χ2v) is 4.78. The molecule has 0 N–H and O–H groups in total. The normalized spacial score (nSPS) is 31.9. The molecule has 2 aliphatic heterocycles. The Kier molecular flexibility index (Phi) is 3.69. The van der Waals surface area contributed by atoms with Gasteiger partial charge in [0, 0.05) is 19.8 Å². The van der Waals surface area contributed by atoms with Gasteiger partial charge in [0.15, 0.2) is 0 Å². The van der Waals surface area contributed by atoms with Gasteiger partial charge in [0.2, 0.25) is 0 Å². The molecule has 0 spiro atoms. The molecule has 2 fully saturated rings. The molecule has 2 saturated heterocycles. The maximum absolute atomic E-state index is 11.7. The Bertz CT molecular complexity index is 251. The highest BCUT2D eigenvalue weighted by atomic mass is 16.6. The quantitative estimate of drug-likeness (QED) is 0.740. The second kappa shape index (κ2) is 5.04. The summed E-state index contributed by atoms with van der Waals surface area (Å²) < 4.78 is 10.7. The fourth-order valence-electron chi connectivity index (χ4n) is 2.54. The van der Waals surface area contributed by atoms with Gasteiger partial charge in [-0.1, -0.05) is 6.92 Å². The van der Waals surface area contributed by atoms with Gasteiger partial charge in [-0.15, -0.1) is 0 Å². The van der Waals surface area contributed by atoms with Gasteiger partial charge in [-0.25, -0.2) is 4.79 Å². The molecule has 0 unspecified atom stereocenters. The van der Waals surface area contributed by atoms with Crippen molar-refractivity contribution < 1.29 is 14.3 Å². The van der Waals surface area contributed by atoms with E-state index in [1.807, 2.05) is 4.90 Å². The van der Waals surface area contributed by atoms with Gasteiger partial charge in [-0.05, 0) is 32.1 Å². The Morgan fingerprint density at radius 3 is 2.62 bits per heavy atom. The summed E-state index contributed by atoms with van der Waals surface area (Å²) in [7, 11) is 0. The number of cyclic esters (lactones) is 1. The lowest BCUT2D eigenvalue weighted by molar-refractivity contribution is 0.0547. The van der Waals surface area contributed by atoms with Crippen LogP contribution >= 0.6 is 0 Å². The maximum atomic E-state index is 11.7. The van der Waals surface area contributed by atoms with Crippen LogP contribution in [0, 0.1) is 5.92 Å². The van der Waals surface area contributed by atoms with Crippen LogP contribution in [0.25, 0.3) is 0 Å². The van der Waals surface area contributed by atoms with Crippen LogP contribution in [0.1, 0.15) is 33.1 Å². The number of nitrogens with zero attached hydrogens (tertiary/aromatic N) is 1. The van der Waals surface area contributed by atoms with Crippen molar-refractivity contribution in [3.8, 4) is 0 Å². The third-order valence-corrected chi connectivity index (χ3v) is 3.71. The summed E-state index contributed by atoms with van der Waals surface area (Å²) in [4.78, 5) is 13.6. The molecule has 2 atom stereocenters. The first-order chi connectivity index (χ1) is 7.72. The van der Waals surface area contributed by atoms with Crippen molar-refractivity contribution in [3.05, 3.63) is 0 Å². The van der Waals surface area contributed by atoms with Crippen molar-refractivity contribution in [1.29, 1.82) is 0 Å². The van der Waals surface area contributed by atoms with Crippen molar-refractivity contribution in [2.24, 2.45) is 5.92 Å². The van der Waals surface area contributed by atoms with Gasteiger partial charge in [-0.3, -0.25) is 0 Å². The molecule has 0 aromatic rings. The third-order valence-electron chi connectivity index (χ3n) is 3.71. The minimum Gasteiger partial charge on any atom is -0.444 e. The fourth-order valence-corrected chi connectivity index (χ4v) is 2.54. The monoisotopic (exact) mass is 227 g/mol. The zero-order valence-electron chi connectivity index (χ0n) is 10.1. The van der Waals surface area contributed by atoms with Gasteiger partial charge in [-0.2, -0.15) is 0 Å². The van der Waals surface area contributed by atoms with Gasteiger partial charge in [0.25, 0.3) is 0 Å². The molecule has 16 heavy (non-hydrogen) atoms. The largest absolute Gasteiger partial charge is 0.444 e. The predicted octanol–water partition coefficient (Wildman–Crippen LogP) is 2.03. The molecule has 1 amide bonds. The van der Waals surface area contributed by atoms with Gasteiger partial charge >= 0.3 is 6.09 Å². The number of amides is 1. The number of carbonyl (C=O) groups is 1. The predicted molar refractivity (Wildman–Crippen MR) is 60.3 cm³/mol. The molecule has 4 heteroatoms. The Morgan fingerprint density at radius 2 is 2.06 bits per heavy atom. The van der Waals surface area contributed by atoms with Crippen LogP contribution in [-0.2, 0) is 9.47 Å². The van der Waals surface area contributed by atoms with Gasteiger partial charge in [0.1, 0.15) is 6.10 Å². The van der Waals surface area contributed by atoms with E-state index in [0.29, 0.717) is 5.92 Å². The van der Waals surface area contributed by atoms with Crippen LogP contribution < -0.4 is 0 Å². The SMILES string of the molecule is CC[C@H]1OC(=O)N(CC2CCOCC2)[C@@H]1C. The average Bonchev–Trinajstić information content (AvgIpc) is 2.58. The van der Waals surface area contributed by atoms with Crippen LogP contribution in [-0.4, -0.2) is 42.9 Å². The van der Waals surface area contributed by atoms with Crippen molar-refractivity contribution >= 4 is 6.09 Å². The van der Waals surface area contributed by atoms with Crippen LogP contribution in [0.5, 0.6) is 0 Å². The number of hydrogen-bond acceptors (Lipinski definition) is 3. The van der Waals surface area contributed by atoms with E-state index in [-0.39, 0.29) is 18.2 Å². The van der Waals surface area contributed by atoms with Gasteiger partial charge in [0.05, 0.1) is 6.04 Å². The zero-order chi connectivity index (χ0) is 11.5. The number of hydrogen-bond donors (Lipinski definition) is 0. The summed E-state index contributed by atoms with van der Waals surface area (Å²) in [6.45, 7) is 6.64. The lowest BCUT2D eigenvalue weighted by Crippen LogP contribution is -2.39. The van der Waals surface area contributed by atoms with Crippen LogP contribution in [0.3, 0.4) is 0 Å². The Balaban J connectivity index is 1.90. The molecule has 2 heterocycles. The Morgan fingerprint density at radius 1 is 1.38 bits per heavy atom. The van der Waals surface area contributed by atoms with Crippen molar-refractivity contribution in [3.63, 3.8) is 0 Å². The Hall–Kier alpha value is -0.770. The zero-order valence-corrected chi connectivity index (χ0v) is 10.1. The van der Waals surface area contributed by atoms with E-state index in [9.17, 15) is 4.79 Å². The molecule has 0 aromatic carbocycles. The highest BCUT2D eigenvalue weighted by Gasteiger charge is 2.38. The van der Waals surface area contributed by atoms with Crippen molar-refractivity contribution in [2.75, 3.05) is 19.8 Å². The molecule has 92 valence electrons. The molecule has 2 aliphatic rings. The van der Waals surface area contributed by atoms with E-state index in [2.05, 4.69) is 13.8 Å². The van der Waals surface area contributed by atoms with Crippen LogP contribution in [0.4, 0.5) is 4.79 Å². The lowest BCUT2D eigenvalue weighted by atomic mass is 9.99. The summed E-state index contributed by atoms with van der Waals surface area (Å²) >= 11 is 0. The summed E-state index contributed by atoms with van der Waals surface area (Å²) in [6, 6.07) is 0.223. The maximum Gasteiger partial charge on any atom is 0.410 e. The minimum atomic E-state index is -0.133. The number of ether oxygens (including phenoxy) is 2. The molecule has 0 aliphatic carbocycles. The summed E-state index contributed by atoms with van der Waals surface area (Å²) in [5, 5.41) is 0. The molecule has 4 nitrogen and oxygen atoms in total. The molecule has 0 radical (unpaired) electrons. The van der Waals surface area contributed by atoms with E-state index in [0.717, 1.165) is 39.0 Å². The van der Waals surface area contributed by atoms with E-state index in [1.165, 1.54) is 0 Å². The molecule has 0 saturated carbocycles. The summed E-state index contributed by atoms with van der Waals surface area (Å²) in [5.41, 5.74) is 0. The first kappa shape index (κ1) is 11.7. The van der Waals surface area contributed by atoms with E-state index < -0.39 is 0 Å². The highest BCUT2D eigenvalue weighted by Crippen LogP contribution is 2.25. The first-order valence-electron chi connectivity index (χ1n) is 6.27. The van der Waals surface area contributed by atoms with Crippen molar-refractivity contribution in [2.45, 2.75) is 45.3 Å². The smallest absolute Gasteiger partial charge is 0.410 e. The van der Waals surface area contributed by atoms with E-state index in [4.69, 9.17) is 9.47 Å². The molecular weight excluding hydrogens is 206 g/mol. The Labute approximate surface area is 96.9 Å². The fraction of sp³-hybridized carbons (Fsp3) is 0.917. The number of rotatable bonds is 3. The average molecular weight is 227 g/mol. The second-order valence-electron chi connectivity index (χ2n) is 4.78. The molecule has 0 bridgehead atoms. The standard InChI is InChI=1S/C12H21NO3/c1-3-11-9(2)13(12(14)16-11)8-10-4-6-15-7-5-10/h9-11H,3-8H2,1-2H3/t9-,11-/m1/s1. The summed E-state index contributed by atoms with van der Waals surface area (Å²) in [6.07, 6.45) is 2.97.